The van der Waals surface area contributed by atoms with Crippen LogP contribution in [0.15, 0.2) is 72.9 Å². The summed E-state index contributed by atoms with van der Waals surface area (Å²) in [6, 6.07) is 20.4. The number of nitrogens with one attached hydrogen (secondary N) is 1. The molecular formula is C21H20N2O3. The number of methoxy groups -OCH3 is 1. The van der Waals surface area contributed by atoms with Gasteiger partial charge in [0.2, 0.25) is 0 Å². The van der Waals surface area contributed by atoms with Crippen LogP contribution in [0, 0.1) is 0 Å². The lowest BCUT2D eigenvalue weighted by atomic mass is 10.1. The summed E-state index contributed by atoms with van der Waals surface area (Å²) < 4.78 is 11.1. The molecule has 1 heterocycles. The van der Waals surface area contributed by atoms with E-state index in [9.17, 15) is 4.79 Å². The van der Waals surface area contributed by atoms with Crippen molar-refractivity contribution in [2.45, 2.75) is 13.2 Å². The molecule has 0 saturated heterocycles. The van der Waals surface area contributed by atoms with Crippen LogP contribution in [0.1, 0.15) is 21.6 Å². The summed E-state index contributed by atoms with van der Waals surface area (Å²) in [5.74, 6) is 1.25. The molecule has 0 atom stereocenters. The second-order valence-electron chi connectivity index (χ2n) is 5.64. The number of hydrogen-bond donors (Lipinski definition) is 1. The van der Waals surface area contributed by atoms with Crippen LogP contribution in [0.4, 0.5) is 0 Å². The molecule has 0 aliphatic heterocycles. The number of amides is 1. The van der Waals surface area contributed by atoms with Gasteiger partial charge in [-0.15, -0.1) is 0 Å². The molecule has 0 radical (unpaired) electrons. The lowest BCUT2D eigenvalue weighted by Gasteiger charge is -2.10. The summed E-state index contributed by atoms with van der Waals surface area (Å²) in [6.45, 7) is 0.800. The van der Waals surface area contributed by atoms with Gasteiger partial charge in [-0.05, 0) is 42.0 Å². The minimum absolute atomic E-state index is 0.132. The maximum absolute atomic E-state index is 12.2. The van der Waals surface area contributed by atoms with E-state index >= 15 is 0 Å². The average Bonchev–Trinajstić information content (AvgIpc) is 2.72. The molecule has 1 N–H and O–H groups in total. The number of ether oxygens (including phenoxy) is 2. The van der Waals surface area contributed by atoms with Crippen molar-refractivity contribution in [1.82, 2.24) is 10.3 Å². The number of hydrogen-bond acceptors (Lipinski definition) is 4. The first-order valence-corrected chi connectivity index (χ1v) is 8.29. The Kier molecular flexibility index (Phi) is 5.83. The number of carbonyl (C=O) groups excluding carboxylic acids is 1. The zero-order valence-corrected chi connectivity index (χ0v) is 14.5. The van der Waals surface area contributed by atoms with E-state index in [1.54, 1.807) is 25.4 Å². The van der Waals surface area contributed by atoms with Gasteiger partial charge in [-0.3, -0.25) is 9.78 Å². The number of pyridine rings is 1. The Morgan fingerprint density at radius 2 is 1.69 bits per heavy atom. The second-order valence-corrected chi connectivity index (χ2v) is 5.64. The minimum Gasteiger partial charge on any atom is -0.493 e. The zero-order chi connectivity index (χ0) is 18.2. The quantitative estimate of drug-likeness (QED) is 0.709. The maximum Gasteiger partial charge on any atom is 0.251 e. The lowest BCUT2D eigenvalue weighted by molar-refractivity contribution is 0.0950. The predicted molar refractivity (Wildman–Crippen MR) is 99.2 cm³/mol. The van der Waals surface area contributed by atoms with Crippen molar-refractivity contribution >= 4 is 5.91 Å². The molecule has 0 aliphatic rings. The highest BCUT2D eigenvalue weighted by molar-refractivity contribution is 5.94. The molecule has 0 fully saturated rings. The van der Waals surface area contributed by atoms with Crippen molar-refractivity contribution in [1.29, 1.82) is 0 Å². The molecule has 2 aromatic carbocycles. The Morgan fingerprint density at radius 3 is 2.38 bits per heavy atom. The number of para-hydroxylation sites is 2. The van der Waals surface area contributed by atoms with Crippen molar-refractivity contribution in [2.24, 2.45) is 0 Å². The highest BCUT2D eigenvalue weighted by Crippen LogP contribution is 2.26. The fourth-order valence-electron chi connectivity index (χ4n) is 2.43. The van der Waals surface area contributed by atoms with Crippen LogP contribution in [-0.2, 0) is 13.2 Å². The van der Waals surface area contributed by atoms with E-state index in [-0.39, 0.29) is 5.91 Å². The predicted octanol–water partition coefficient (Wildman–Crippen LogP) is 3.60. The Morgan fingerprint density at radius 1 is 0.962 bits per heavy atom. The van der Waals surface area contributed by atoms with Gasteiger partial charge < -0.3 is 14.8 Å². The largest absolute Gasteiger partial charge is 0.493 e. The first-order chi connectivity index (χ1) is 12.8. The Balaban J connectivity index is 1.55. The zero-order valence-electron chi connectivity index (χ0n) is 14.5. The topological polar surface area (TPSA) is 60.5 Å². The van der Waals surface area contributed by atoms with Gasteiger partial charge in [-0.25, -0.2) is 0 Å². The van der Waals surface area contributed by atoms with Gasteiger partial charge in [0.05, 0.1) is 19.3 Å². The fraction of sp³-hybridized carbons (Fsp3) is 0.143. The van der Waals surface area contributed by atoms with E-state index in [4.69, 9.17) is 9.47 Å². The second kappa shape index (κ2) is 8.67. The number of carbonyl (C=O) groups is 1. The molecule has 1 amide bonds. The van der Waals surface area contributed by atoms with Crippen LogP contribution in [0.5, 0.6) is 11.5 Å². The van der Waals surface area contributed by atoms with Crippen LogP contribution in [-0.4, -0.2) is 18.0 Å². The van der Waals surface area contributed by atoms with Crippen molar-refractivity contribution in [3.8, 4) is 11.5 Å². The monoisotopic (exact) mass is 348 g/mol. The first-order valence-electron chi connectivity index (χ1n) is 8.29. The molecule has 5 heteroatoms. The number of benzene rings is 2. The summed E-state index contributed by atoms with van der Waals surface area (Å²) in [5.41, 5.74) is 2.39. The molecule has 26 heavy (non-hydrogen) atoms. The van der Waals surface area contributed by atoms with E-state index in [0.29, 0.717) is 30.2 Å². The smallest absolute Gasteiger partial charge is 0.251 e. The van der Waals surface area contributed by atoms with E-state index in [0.717, 1.165) is 11.3 Å². The molecule has 0 aliphatic carbocycles. The van der Waals surface area contributed by atoms with Crippen LogP contribution in [0.3, 0.4) is 0 Å². The highest BCUT2D eigenvalue weighted by atomic mass is 16.5. The van der Waals surface area contributed by atoms with Crippen molar-refractivity contribution < 1.29 is 14.3 Å². The molecular weight excluding hydrogens is 328 g/mol. The normalized spacial score (nSPS) is 10.2. The molecule has 0 bridgehead atoms. The Hall–Kier alpha value is -3.34. The van der Waals surface area contributed by atoms with Gasteiger partial charge in [0, 0.05) is 11.8 Å². The third-order valence-corrected chi connectivity index (χ3v) is 3.84. The van der Waals surface area contributed by atoms with E-state index in [1.165, 1.54) is 0 Å². The highest BCUT2D eigenvalue weighted by Gasteiger charge is 2.07. The maximum atomic E-state index is 12.2. The molecule has 0 saturated carbocycles. The summed E-state index contributed by atoms with van der Waals surface area (Å²) >= 11 is 0. The van der Waals surface area contributed by atoms with Crippen molar-refractivity contribution in [2.75, 3.05) is 7.11 Å². The lowest BCUT2D eigenvalue weighted by Crippen LogP contribution is -2.23. The first kappa shape index (κ1) is 17.5. The molecule has 3 aromatic rings. The van der Waals surface area contributed by atoms with Gasteiger partial charge in [0.25, 0.3) is 5.91 Å². The summed E-state index contributed by atoms with van der Waals surface area (Å²) in [5, 5.41) is 2.86. The number of nitrogens with zero attached hydrogens (tertiary/aromatic N) is 1. The third kappa shape index (κ3) is 4.60. The van der Waals surface area contributed by atoms with Gasteiger partial charge in [-0.2, -0.15) is 0 Å². The molecule has 1 aromatic heterocycles. The molecule has 3 rings (SSSR count). The van der Waals surface area contributed by atoms with Crippen LogP contribution >= 0.6 is 0 Å². The average molecular weight is 348 g/mol. The van der Waals surface area contributed by atoms with Gasteiger partial charge in [-0.1, -0.05) is 30.3 Å². The number of rotatable bonds is 7. The van der Waals surface area contributed by atoms with E-state index < -0.39 is 0 Å². The van der Waals surface area contributed by atoms with Crippen molar-refractivity contribution in [3.05, 3.63) is 89.7 Å². The van der Waals surface area contributed by atoms with Gasteiger partial charge in [0.15, 0.2) is 11.5 Å². The van der Waals surface area contributed by atoms with E-state index in [2.05, 4.69) is 10.3 Å². The molecule has 0 unspecified atom stereocenters. The SMILES string of the molecule is COc1ccccc1OCc1ccc(C(=O)NCc2ccccn2)cc1. The Bertz CT molecular complexity index is 849. The molecule has 0 spiro atoms. The van der Waals surface area contributed by atoms with Crippen LogP contribution in [0.2, 0.25) is 0 Å². The number of aromatic nitrogens is 1. The fourth-order valence-corrected chi connectivity index (χ4v) is 2.43. The Labute approximate surface area is 152 Å². The standard InChI is InChI=1S/C21H20N2O3/c1-25-19-7-2-3-8-20(19)26-15-16-9-11-17(12-10-16)21(24)23-14-18-6-4-5-13-22-18/h2-13H,14-15H2,1H3,(H,23,24). The molecule has 132 valence electrons. The third-order valence-electron chi connectivity index (χ3n) is 3.84. The summed E-state index contributed by atoms with van der Waals surface area (Å²) in [4.78, 5) is 16.4. The van der Waals surface area contributed by atoms with Crippen LogP contribution < -0.4 is 14.8 Å². The summed E-state index contributed by atoms with van der Waals surface area (Å²) in [7, 11) is 1.61. The van der Waals surface area contributed by atoms with Gasteiger partial charge >= 0.3 is 0 Å². The van der Waals surface area contributed by atoms with Crippen LogP contribution in [0.25, 0.3) is 0 Å². The summed E-state index contributed by atoms with van der Waals surface area (Å²) in [6.07, 6.45) is 1.71. The molecule has 5 nitrogen and oxygen atoms in total. The van der Waals surface area contributed by atoms with Crippen molar-refractivity contribution in [3.63, 3.8) is 0 Å². The minimum atomic E-state index is -0.132. The van der Waals surface area contributed by atoms with E-state index in [1.807, 2.05) is 54.6 Å². The van der Waals surface area contributed by atoms with Gasteiger partial charge in [0.1, 0.15) is 6.61 Å².